The van der Waals surface area contributed by atoms with Gasteiger partial charge in [-0.2, -0.15) is 0 Å². The monoisotopic (exact) mass is 423 g/mol. The molecule has 0 saturated carbocycles. The van der Waals surface area contributed by atoms with Crippen LogP contribution in [-0.2, 0) is 22.1 Å². The molecule has 30 heavy (non-hydrogen) atoms. The quantitative estimate of drug-likeness (QED) is 0.605. The maximum absolute atomic E-state index is 12.9. The summed E-state index contributed by atoms with van der Waals surface area (Å²) < 4.78 is 36.0. The smallest absolute Gasteiger partial charge is 0.253 e. The molecule has 1 amide bonds. The predicted octanol–water partition coefficient (Wildman–Crippen LogP) is 3.66. The average molecular weight is 423 g/mol. The lowest BCUT2D eigenvalue weighted by Crippen LogP contribution is -2.26. The molecule has 154 valence electrons. The first-order valence-corrected chi connectivity index (χ1v) is 11.1. The van der Waals surface area contributed by atoms with Crippen LogP contribution in [0.1, 0.15) is 21.5 Å². The second-order valence-electron chi connectivity index (χ2n) is 7.12. The molecule has 7 heteroatoms. The topological polar surface area (TPSA) is 72.9 Å². The van der Waals surface area contributed by atoms with Crippen molar-refractivity contribution in [2.45, 2.75) is 17.2 Å². The number of hydrogen-bond acceptors (Lipinski definition) is 5. The number of nitrogens with zero attached hydrogens (tertiary/aromatic N) is 1. The summed E-state index contributed by atoms with van der Waals surface area (Å²) in [6.45, 7) is 0.592. The van der Waals surface area contributed by atoms with Crippen LogP contribution in [0.2, 0.25) is 0 Å². The molecule has 0 aromatic heterocycles. The second-order valence-corrected chi connectivity index (χ2v) is 9.11. The summed E-state index contributed by atoms with van der Waals surface area (Å²) in [5.41, 5.74) is 1.93. The van der Waals surface area contributed by atoms with Crippen molar-refractivity contribution in [3.05, 3.63) is 89.5 Å². The molecule has 1 aliphatic heterocycles. The Morgan fingerprint density at radius 1 is 0.900 bits per heavy atom. The minimum Gasteiger partial charge on any atom is -0.454 e. The lowest BCUT2D eigenvalue weighted by atomic mass is 10.1. The van der Waals surface area contributed by atoms with Crippen molar-refractivity contribution in [3.8, 4) is 11.5 Å². The van der Waals surface area contributed by atoms with Gasteiger partial charge in [0.15, 0.2) is 21.3 Å². The van der Waals surface area contributed by atoms with Gasteiger partial charge in [-0.15, -0.1) is 0 Å². The number of benzene rings is 3. The van der Waals surface area contributed by atoms with Crippen LogP contribution in [0.25, 0.3) is 0 Å². The molecule has 0 saturated heterocycles. The van der Waals surface area contributed by atoms with Gasteiger partial charge in [0.2, 0.25) is 6.79 Å². The van der Waals surface area contributed by atoms with Crippen LogP contribution in [0, 0.1) is 0 Å². The molecule has 0 atom stereocenters. The van der Waals surface area contributed by atoms with Gasteiger partial charge in [0.1, 0.15) is 0 Å². The Morgan fingerprint density at radius 2 is 1.67 bits per heavy atom. The van der Waals surface area contributed by atoms with Gasteiger partial charge in [-0.1, -0.05) is 36.4 Å². The van der Waals surface area contributed by atoms with Crippen molar-refractivity contribution >= 4 is 15.7 Å². The molecule has 1 heterocycles. The van der Waals surface area contributed by atoms with Gasteiger partial charge in [-0.3, -0.25) is 4.79 Å². The highest BCUT2D eigenvalue weighted by atomic mass is 32.2. The predicted molar refractivity (Wildman–Crippen MR) is 112 cm³/mol. The van der Waals surface area contributed by atoms with Crippen LogP contribution in [0.4, 0.5) is 0 Å². The summed E-state index contributed by atoms with van der Waals surface area (Å²) in [7, 11) is -1.77. The van der Waals surface area contributed by atoms with Crippen LogP contribution < -0.4 is 9.47 Å². The summed E-state index contributed by atoms with van der Waals surface area (Å²) in [6.07, 6.45) is 0. The first-order chi connectivity index (χ1) is 14.4. The Hall–Kier alpha value is -3.32. The van der Waals surface area contributed by atoms with E-state index >= 15 is 0 Å². The lowest BCUT2D eigenvalue weighted by molar-refractivity contribution is 0.0785. The van der Waals surface area contributed by atoms with Gasteiger partial charge in [0.25, 0.3) is 5.91 Å². The van der Waals surface area contributed by atoms with Crippen molar-refractivity contribution in [1.82, 2.24) is 4.90 Å². The molecule has 0 bridgehead atoms. The van der Waals surface area contributed by atoms with E-state index < -0.39 is 9.84 Å². The highest BCUT2D eigenvalue weighted by Crippen LogP contribution is 2.32. The SMILES string of the molecule is CN(Cc1ccc2c(c1)OCO2)C(=O)c1cccc(CS(=O)(=O)c2ccccc2)c1. The van der Waals surface area contributed by atoms with E-state index in [0.717, 1.165) is 5.56 Å². The number of fused-ring (bicyclic) bond motifs is 1. The van der Waals surface area contributed by atoms with Gasteiger partial charge in [0.05, 0.1) is 10.6 Å². The van der Waals surface area contributed by atoms with Gasteiger partial charge in [-0.25, -0.2) is 8.42 Å². The molecule has 0 unspecified atom stereocenters. The first-order valence-electron chi connectivity index (χ1n) is 9.43. The van der Waals surface area contributed by atoms with Crippen molar-refractivity contribution in [3.63, 3.8) is 0 Å². The van der Waals surface area contributed by atoms with E-state index in [4.69, 9.17) is 9.47 Å². The Labute approximate surface area is 175 Å². The zero-order chi connectivity index (χ0) is 21.1. The van der Waals surface area contributed by atoms with E-state index in [2.05, 4.69) is 0 Å². The number of amides is 1. The first kappa shape index (κ1) is 20.0. The summed E-state index contributed by atoms with van der Waals surface area (Å²) in [5, 5.41) is 0. The van der Waals surface area contributed by atoms with E-state index in [1.165, 1.54) is 0 Å². The number of carbonyl (C=O) groups excluding carboxylic acids is 1. The van der Waals surface area contributed by atoms with Crippen molar-refractivity contribution in [2.75, 3.05) is 13.8 Å². The van der Waals surface area contributed by atoms with Crippen molar-refractivity contribution in [2.24, 2.45) is 0 Å². The standard InChI is InChI=1S/C23H21NO5S/c1-24(14-17-10-11-21-22(13-17)29-16-28-21)23(25)19-7-5-6-18(12-19)15-30(26,27)20-8-3-2-4-9-20/h2-13H,14-16H2,1H3. The molecule has 4 rings (SSSR count). The fourth-order valence-corrected chi connectivity index (χ4v) is 4.69. The molecule has 0 radical (unpaired) electrons. The molecule has 0 fully saturated rings. The molecule has 3 aromatic carbocycles. The third kappa shape index (κ3) is 4.31. The van der Waals surface area contributed by atoms with Crippen molar-refractivity contribution < 1.29 is 22.7 Å². The van der Waals surface area contributed by atoms with Crippen LogP contribution in [0.15, 0.2) is 77.7 Å². The van der Waals surface area contributed by atoms with E-state index in [9.17, 15) is 13.2 Å². The zero-order valence-corrected chi connectivity index (χ0v) is 17.3. The lowest BCUT2D eigenvalue weighted by Gasteiger charge is -2.18. The summed E-state index contributed by atoms with van der Waals surface area (Å²) >= 11 is 0. The molecule has 6 nitrogen and oxygen atoms in total. The summed E-state index contributed by atoms with van der Waals surface area (Å²) in [4.78, 5) is 14.7. The van der Waals surface area contributed by atoms with Gasteiger partial charge >= 0.3 is 0 Å². The van der Waals surface area contributed by atoms with Crippen LogP contribution in [0.5, 0.6) is 11.5 Å². The largest absolute Gasteiger partial charge is 0.454 e. The minimum absolute atomic E-state index is 0.163. The number of sulfone groups is 1. The minimum atomic E-state index is -3.48. The highest BCUT2D eigenvalue weighted by Gasteiger charge is 2.19. The van der Waals surface area contributed by atoms with Crippen molar-refractivity contribution in [1.29, 1.82) is 0 Å². The van der Waals surface area contributed by atoms with Gasteiger partial charge in [-0.05, 0) is 47.5 Å². The Morgan fingerprint density at radius 3 is 2.47 bits per heavy atom. The van der Waals surface area contributed by atoms with E-state index in [-0.39, 0.29) is 23.3 Å². The van der Waals surface area contributed by atoms with E-state index in [1.54, 1.807) is 66.5 Å². The van der Waals surface area contributed by atoms with Crippen LogP contribution in [0.3, 0.4) is 0 Å². The Bertz CT molecular complexity index is 1180. The normalized spacial score (nSPS) is 12.6. The Balaban J connectivity index is 1.48. The van der Waals surface area contributed by atoms with Gasteiger partial charge < -0.3 is 14.4 Å². The molecular weight excluding hydrogens is 402 g/mol. The molecular formula is C23H21NO5S. The van der Waals surface area contributed by atoms with Crippen LogP contribution in [-0.4, -0.2) is 33.1 Å². The average Bonchev–Trinajstić information content (AvgIpc) is 3.21. The van der Waals surface area contributed by atoms with Crippen LogP contribution >= 0.6 is 0 Å². The molecule has 3 aromatic rings. The van der Waals surface area contributed by atoms with Gasteiger partial charge in [0, 0.05) is 19.2 Å². The molecule has 0 N–H and O–H groups in total. The Kier molecular flexibility index (Phi) is 5.46. The molecule has 0 aliphatic carbocycles. The number of carbonyl (C=O) groups is 1. The number of hydrogen-bond donors (Lipinski definition) is 0. The number of ether oxygens (including phenoxy) is 2. The highest BCUT2D eigenvalue weighted by molar-refractivity contribution is 7.90. The number of rotatable bonds is 6. The fraction of sp³-hybridized carbons (Fsp3) is 0.174. The summed E-state index contributed by atoms with van der Waals surface area (Å²) in [5.74, 6) is 1.01. The third-order valence-corrected chi connectivity index (χ3v) is 6.54. The van der Waals surface area contributed by atoms with E-state index in [1.807, 2.05) is 18.2 Å². The fourth-order valence-electron chi connectivity index (χ4n) is 3.33. The second kappa shape index (κ2) is 8.20. The maximum Gasteiger partial charge on any atom is 0.253 e. The maximum atomic E-state index is 12.9. The van der Waals surface area contributed by atoms with E-state index in [0.29, 0.717) is 29.2 Å². The summed E-state index contributed by atoms with van der Waals surface area (Å²) in [6, 6.07) is 20.6. The zero-order valence-electron chi connectivity index (χ0n) is 16.4. The molecule has 0 spiro atoms. The third-order valence-electron chi connectivity index (χ3n) is 4.84. The molecule has 1 aliphatic rings.